The number of hydrogen-bond acceptors (Lipinski definition) is 3. The highest BCUT2D eigenvalue weighted by Gasteiger charge is 2.20. The van der Waals surface area contributed by atoms with Crippen LogP contribution in [0, 0.1) is 0 Å². The van der Waals surface area contributed by atoms with Crippen LogP contribution in [0.3, 0.4) is 0 Å². The van der Waals surface area contributed by atoms with E-state index in [1.807, 2.05) is 42.2 Å². The van der Waals surface area contributed by atoms with Gasteiger partial charge in [-0.15, -0.1) is 0 Å². The number of rotatable bonds is 4. The summed E-state index contributed by atoms with van der Waals surface area (Å²) in [5, 5.41) is 2.98. The van der Waals surface area contributed by atoms with E-state index in [0.717, 1.165) is 44.3 Å². The average Bonchev–Trinajstić information content (AvgIpc) is 2.97. The van der Waals surface area contributed by atoms with E-state index in [1.165, 1.54) is 6.20 Å². The summed E-state index contributed by atoms with van der Waals surface area (Å²) < 4.78 is 0. The Kier molecular flexibility index (Phi) is 6.00. The van der Waals surface area contributed by atoms with Crippen LogP contribution >= 0.6 is 0 Å². The van der Waals surface area contributed by atoms with E-state index in [2.05, 4.69) is 10.3 Å². The Balaban J connectivity index is 1.70. The van der Waals surface area contributed by atoms with E-state index in [-0.39, 0.29) is 17.9 Å². The Labute approximate surface area is 154 Å². The summed E-state index contributed by atoms with van der Waals surface area (Å²) in [4.78, 5) is 31.3. The molecule has 1 saturated heterocycles. The molecule has 1 aromatic carbocycles. The van der Waals surface area contributed by atoms with Gasteiger partial charge >= 0.3 is 0 Å². The zero-order chi connectivity index (χ0) is 18.4. The zero-order valence-electron chi connectivity index (χ0n) is 15.1. The number of nitrogens with zero attached hydrogens (tertiary/aromatic N) is 2. The molecule has 0 bridgehead atoms. The van der Waals surface area contributed by atoms with Crippen molar-refractivity contribution in [3.05, 3.63) is 65.5 Å². The third-order valence-corrected chi connectivity index (χ3v) is 4.78. The van der Waals surface area contributed by atoms with Crippen LogP contribution in [0.25, 0.3) is 0 Å². The number of carbonyl (C=O) groups excluding carboxylic acids is 2. The molecule has 1 atom stereocenters. The number of amides is 2. The topological polar surface area (TPSA) is 62.3 Å². The van der Waals surface area contributed by atoms with E-state index < -0.39 is 0 Å². The van der Waals surface area contributed by atoms with Crippen LogP contribution in [-0.2, 0) is 0 Å². The Morgan fingerprint density at radius 1 is 1.04 bits per heavy atom. The summed E-state index contributed by atoms with van der Waals surface area (Å²) in [6.07, 6.45) is 5.92. The van der Waals surface area contributed by atoms with E-state index in [0.29, 0.717) is 11.3 Å². The maximum atomic E-state index is 12.7. The molecular weight excluding hydrogens is 326 g/mol. The van der Waals surface area contributed by atoms with Crippen molar-refractivity contribution in [2.24, 2.45) is 0 Å². The van der Waals surface area contributed by atoms with Gasteiger partial charge in [-0.05, 0) is 37.5 Å². The molecule has 2 heterocycles. The second-order valence-corrected chi connectivity index (χ2v) is 6.74. The van der Waals surface area contributed by atoms with Crippen LogP contribution < -0.4 is 5.32 Å². The van der Waals surface area contributed by atoms with Crippen LogP contribution in [0.1, 0.15) is 65.1 Å². The molecule has 1 N–H and O–H groups in total. The molecule has 0 radical (unpaired) electrons. The molecule has 26 heavy (non-hydrogen) atoms. The Bertz CT molecular complexity index is 753. The first-order chi connectivity index (χ1) is 12.6. The fraction of sp³-hybridized carbons (Fsp3) is 0.381. The second-order valence-electron chi connectivity index (χ2n) is 6.74. The number of pyridine rings is 1. The minimum absolute atomic E-state index is 0.0855. The zero-order valence-corrected chi connectivity index (χ0v) is 15.1. The standard InChI is InChI=1S/C21H25N3O2/c1-16(17-9-5-4-6-10-17)23-20(25)18-11-12-22-19(15-18)21(26)24-13-7-2-3-8-14-24/h4-6,9-12,15-16H,2-3,7-8,13-14H2,1H3,(H,23,25). The summed E-state index contributed by atoms with van der Waals surface area (Å²) in [5.74, 6) is -0.286. The van der Waals surface area contributed by atoms with Crippen molar-refractivity contribution in [3.63, 3.8) is 0 Å². The molecule has 2 aromatic rings. The fourth-order valence-electron chi connectivity index (χ4n) is 3.23. The molecule has 1 unspecified atom stereocenters. The monoisotopic (exact) mass is 351 g/mol. The van der Waals surface area contributed by atoms with Crippen molar-refractivity contribution >= 4 is 11.8 Å². The molecule has 5 nitrogen and oxygen atoms in total. The van der Waals surface area contributed by atoms with Gasteiger partial charge in [-0.1, -0.05) is 43.2 Å². The lowest BCUT2D eigenvalue weighted by Gasteiger charge is -2.20. The minimum Gasteiger partial charge on any atom is -0.346 e. The van der Waals surface area contributed by atoms with Gasteiger partial charge in [0.2, 0.25) is 0 Å². The van der Waals surface area contributed by atoms with Crippen molar-refractivity contribution in [1.29, 1.82) is 0 Å². The molecule has 2 amide bonds. The molecule has 1 fully saturated rings. The third kappa shape index (κ3) is 4.48. The van der Waals surface area contributed by atoms with Gasteiger partial charge < -0.3 is 10.2 Å². The molecule has 1 aliphatic heterocycles. The van der Waals surface area contributed by atoms with Crippen LogP contribution in [0.2, 0.25) is 0 Å². The molecule has 0 saturated carbocycles. The van der Waals surface area contributed by atoms with Crippen LogP contribution in [0.5, 0.6) is 0 Å². The van der Waals surface area contributed by atoms with Crippen LogP contribution in [-0.4, -0.2) is 34.8 Å². The lowest BCUT2D eigenvalue weighted by Crippen LogP contribution is -2.33. The summed E-state index contributed by atoms with van der Waals surface area (Å²) >= 11 is 0. The number of hydrogen-bond donors (Lipinski definition) is 1. The highest BCUT2D eigenvalue weighted by molar-refractivity contribution is 5.98. The Hall–Kier alpha value is -2.69. The van der Waals surface area contributed by atoms with Gasteiger partial charge in [0.05, 0.1) is 6.04 Å². The summed E-state index contributed by atoms with van der Waals surface area (Å²) in [6, 6.07) is 12.9. The first kappa shape index (κ1) is 18.1. The van der Waals surface area contributed by atoms with Crippen molar-refractivity contribution in [3.8, 4) is 0 Å². The number of likely N-dealkylation sites (tertiary alicyclic amines) is 1. The molecule has 1 aromatic heterocycles. The molecule has 3 rings (SSSR count). The molecular formula is C21H25N3O2. The molecule has 5 heteroatoms. The van der Waals surface area contributed by atoms with Crippen molar-refractivity contribution in [2.45, 2.75) is 38.6 Å². The maximum Gasteiger partial charge on any atom is 0.272 e. The first-order valence-electron chi connectivity index (χ1n) is 9.26. The number of nitrogens with one attached hydrogen (secondary N) is 1. The molecule has 1 aliphatic rings. The summed E-state index contributed by atoms with van der Waals surface area (Å²) in [5.41, 5.74) is 1.84. The SMILES string of the molecule is CC(NC(=O)c1ccnc(C(=O)N2CCCCCC2)c1)c1ccccc1. The fourth-order valence-corrected chi connectivity index (χ4v) is 3.23. The summed E-state index contributed by atoms with van der Waals surface area (Å²) in [6.45, 7) is 3.47. The van der Waals surface area contributed by atoms with Crippen molar-refractivity contribution < 1.29 is 9.59 Å². The largest absolute Gasteiger partial charge is 0.346 e. The predicted octanol–water partition coefficient (Wildman–Crippen LogP) is 3.59. The molecule has 136 valence electrons. The molecule has 0 spiro atoms. The Morgan fingerprint density at radius 2 is 1.73 bits per heavy atom. The van der Waals surface area contributed by atoms with Gasteiger partial charge in [0.15, 0.2) is 0 Å². The highest BCUT2D eigenvalue weighted by atomic mass is 16.2. The van der Waals surface area contributed by atoms with E-state index in [9.17, 15) is 9.59 Å². The van der Waals surface area contributed by atoms with Gasteiger partial charge in [0.1, 0.15) is 5.69 Å². The lowest BCUT2D eigenvalue weighted by molar-refractivity contribution is 0.0755. The van der Waals surface area contributed by atoms with Gasteiger partial charge in [-0.2, -0.15) is 0 Å². The van der Waals surface area contributed by atoms with Gasteiger partial charge in [0.25, 0.3) is 11.8 Å². The van der Waals surface area contributed by atoms with E-state index >= 15 is 0 Å². The minimum atomic E-state index is -0.200. The number of aromatic nitrogens is 1. The van der Waals surface area contributed by atoms with Gasteiger partial charge in [-0.25, -0.2) is 0 Å². The summed E-state index contributed by atoms with van der Waals surface area (Å²) in [7, 11) is 0. The normalized spacial score (nSPS) is 15.8. The predicted molar refractivity (Wildman–Crippen MR) is 101 cm³/mol. The number of carbonyl (C=O) groups is 2. The van der Waals surface area contributed by atoms with Crippen LogP contribution in [0.15, 0.2) is 48.7 Å². The lowest BCUT2D eigenvalue weighted by atomic mass is 10.1. The Morgan fingerprint density at radius 3 is 2.42 bits per heavy atom. The number of benzene rings is 1. The highest BCUT2D eigenvalue weighted by Crippen LogP contribution is 2.15. The first-order valence-corrected chi connectivity index (χ1v) is 9.26. The maximum absolute atomic E-state index is 12.7. The van der Waals surface area contributed by atoms with E-state index in [4.69, 9.17) is 0 Å². The van der Waals surface area contributed by atoms with Crippen LogP contribution in [0.4, 0.5) is 0 Å². The average molecular weight is 351 g/mol. The second kappa shape index (κ2) is 8.61. The quantitative estimate of drug-likeness (QED) is 0.916. The van der Waals surface area contributed by atoms with Gasteiger partial charge in [0, 0.05) is 24.8 Å². The van der Waals surface area contributed by atoms with Gasteiger partial charge in [-0.3, -0.25) is 14.6 Å². The third-order valence-electron chi connectivity index (χ3n) is 4.78. The van der Waals surface area contributed by atoms with Crippen molar-refractivity contribution in [1.82, 2.24) is 15.2 Å². The van der Waals surface area contributed by atoms with Crippen molar-refractivity contribution in [2.75, 3.05) is 13.1 Å². The van der Waals surface area contributed by atoms with E-state index in [1.54, 1.807) is 12.1 Å². The smallest absolute Gasteiger partial charge is 0.272 e. The molecule has 0 aliphatic carbocycles.